The van der Waals surface area contributed by atoms with Crippen LogP contribution in [0.4, 0.5) is 16.2 Å². The number of benzene rings is 3. The predicted octanol–water partition coefficient (Wildman–Crippen LogP) is 6.45. The van der Waals surface area contributed by atoms with Gasteiger partial charge in [0.1, 0.15) is 5.75 Å². The Morgan fingerprint density at radius 1 is 1.10 bits per heavy atom. The van der Waals surface area contributed by atoms with Crippen LogP contribution < -0.4 is 15.4 Å². The zero-order valence-corrected chi connectivity index (χ0v) is 17.7. The number of nitrogens with one attached hydrogen (secondary N) is 2. The van der Waals surface area contributed by atoms with Crippen LogP contribution in [0.15, 0.2) is 60.7 Å². The van der Waals surface area contributed by atoms with Gasteiger partial charge in [-0.3, -0.25) is 0 Å². The van der Waals surface area contributed by atoms with Crippen LogP contribution in [0.3, 0.4) is 0 Å². The summed E-state index contributed by atoms with van der Waals surface area (Å²) in [4.78, 5) is 12.8. The number of hydrogen-bond donors (Lipinski definition) is 2. The summed E-state index contributed by atoms with van der Waals surface area (Å²) in [5.41, 5.74) is 5.83. The van der Waals surface area contributed by atoms with E-state index in [1.807, 2.05) is 55.5 Å². The first-order valence-electron chi connectivity index (χ1n) is 10.5. The summed E-state index contributed by atoms with van der Waals surface area (Å²) in [6, 6.07) is 21.0. The molecule has 2 amide bonds. The molecule has 31 heavy (non-hydrogen) atoms. The van der Waals surface area contributed by atoms with Crippen LogP contribution in [-0.2, 0) is 0 Å². The van der Waals surface area contributed by atoms with E-state index >= 15 is 0 Å². The van der Waals surface area contributed by atoms with Gasteiger partial charge in [0.05, 0.1) is 23.9 Å². The molecule has 0 bridgehead atoms. The molecule has 0 aromatic heterocycles. The van der Waals surface area contributed by atoms with Gasteiger partial charge in [0, 0.05) is 5.69 Å². The number of carbonyl (C=O) groups is 1. The number of nitriles is 1. The van der Waals surface area contributed by atoms with E-state index in [9.17, 15) is 10.1 Å². The second-order valence-electron chi connectivity index (χ2n) is 7.94. The highest BCUT2D eigenvalue weighted by Crippen LogP contribution is 2.42. The van der Waals surface area contributed by atoms with Crippen LogP contribution in [0.5, 0.6) is 5.75 Å². The first-order valence-corrected chi connectivity index (χ1v) is 10.5. The molecule has 3 aromatic carbocycles. The van der Waals surface area contributed by atoms with Crippen molar-refractivity contribution < 1.29 is 9.53 Å². The van der Waals surface area contributed by atoms with Crippen molar-refractivity contribution in [3.05, 3.63) is 77.4 Å². The molecule has 156 valence electrons. The number of urea groups is 1. The molecule has 1 aliphatic rings. The molecule has 5 heteroatoms. The fourth-order valence-electron chi connectivity index (χ4n) is 3.90. The number of aryl methyl sites for hydroxylation is 1. The minimum Gasteiger partial charge on any atom is -0.491 e. The van der Waals surface area contributed by atoms with E-state index in [2.05, 4.69) is 29.7 Å². The highest BCUT2D eigenvalue weighted by molar-refractivity contribution is 6.01. The lowest BCUT2D eigenvalue weighted by atomic mass is 9.91. The zero-order valence-electron chi connectivity index (χ0n) is 17.7. The van der Waals surface area contributed by atoms with Gasteiger partial charge in [0.15, 0.2) is 0 Å². The maximum absolute atomic E-state index is 12.8. The third kappa shape index (κ3) is 4.54. The molecular formula is C26H25N3O2. The van der Waals surface area contributed by atoms with Crippen LogP contribution in [0.1, 0.15) is 42.4 Å². The lowest BCUT2D eigenvalue weighted by Crippen LogP contribution is -2.20. The van der Waals surface area contributed by atoms with Gasteiger partial charge in [-0.25, -0.2) is 4.79 Å². The van der Waals surface area contributed by atoms with Crippen LogP contribution in [0.2, 0.25) is 0 Å². The molecule has 3 aromatic rings. The average molecular weight is 412 g/mol. The molecule has 2 N–H and O–H groups in total. The lowest BCUT2D eigenvalue weighted by molar-refractivity contribution is 0.262. The van der Waals surface area contributed by atoms with E-state index in [1.165, 1.54) is 0 Å². The van der Waals surface area contributed by atoms with Crippen molar-refractivity contribution in [1.82, 2.24) is 0 Å². The molecule has 1 heterocycles. The third-order valence-corrected chi connectivity index (χ3v) is 5.59. The van der Waals surface area contributed by atoms with Gasteiger partial charge in [0.25, 0.3) is 0 Å². The minimum atomic E-state index is -0.336. The maximum Gasteiger partial charge on any atom is 0.323 e. The van der Waals surface area contributed by atoms with Crippen molar-refractivity contribution in [3.8, 4) is 22.9 Å². The van der Waals surface area contributed by atoms with Crippen molar-refractivity contribution in [2.45, 2.75) is 32.6 Å². The van der Waals surface area contributed by atoms with Crippen molar-refractivity contribution in [3.63, 3.8) is 0 Å². The van der Waals surface area contributed by atoms with Crippen LogP contribution in [0.25, 0.3) is 11.1 Å². The van der Waals surface area contributed by atoms with E-state index in [0.717, 1.165) is 40.8 Å². The van der Waals surface area contributed by atoms with Gasteiger partial charge >= 0.3 is 6.03 Å². The molecule has 1 aliphatic heterocycles. The predicted molar refractivity (Wildman–Crippen MR) is 124 cm³/mol. The Labute approximate surface area is 182 Å². The topological polar surface area (TPSA) is 74.2 Å². The molecule has 0 fully saturated rings. The molecule has 0 spiro atoms. The number of fused-ring (bicyclic) bond motifs is 1. The monoisotopic (exact) mass is 411 g/mol. The van der Waals surface area contributed by atoms with Gasteiger partial charge in [-0.15, -0.1) is 0 Å². The maximum atomic E-state index is 12.8. The minimum absolute atomic E-state index is 0.285. The number of rotatable bonds is 3. The molecule has 0 saturated carbocycles. The van der Waals surface area contributed by atoms with Gasteiger partial charge in [-0.1, -0.05) is 42.8 Å². The molecule has 0 aliphatic carbocycles. The molecule has 1 unspecified atom stereocenters. The van der Waals surface area contributed by atoms with Crippen molar-refractivity contribution in [1.29, 1.82) is 5.26 Å². The molecular weight excluding hydrogens is 386 g/mol. The lowest BCUT2D eigenvalue weighted by Gasteiger charge is -2.19. The molecule has 1 atom stereocenters. The first-order chi connectivity index (χ1) is 15.0. The number of ether oxygens (including phenoxy) is 1. The summed E-state index contributed by atoms with van der Waals surface area (Å²) in [6.07, 6.45) is 1.96. The SMILES string of the molecule is Cc1ccc(NC(=O)Nc2cc(-c3ccccc3C#N)cc3c2OCCCC3C)cc1. The second-order valence-corrected chi connectivity index (χ2v) is 7.94. The molecule has 4 rings (SSSR count). The Bertz CT molecular complexity index is 1150. The summed E-state index contributed by atoms with van der Waals surface area (Å²) >= 11 is 0. The van der Waals surface area contributed by atoms with Crippen molar-refractivity contribution in [2.24, 2.45) is 0 Å². The van der Waals surface area contributed by atoms with Gasteiger partial charge < -0.3 is 15.4 Å². The highest BCUT2D eigenvalue weighted by atomic mass is 16.5. The molecule has 0 radical (unpaired) electrons. The van der Waals surface area contributed by atoms with Gasteiger partial charge in [-0.2, -0.15) is 5.26 Å². The molecule has 0 saturated heterocycles. The Balaban J connectivity index is 1.73. The van der Waals surface area contributed by atoms with Crippen LogP contribution >= 0.6 is 0 Å². The largest absolute Gasteiger partial charge is 0.491 e. The van der Waals surface area contributed by atoms with Gasteiger partial charge in [-0.05, 0) is 72.7 Å². The van der Waals surface area contributed by atoms with Crippen LogP contribution in [0, 0.1) is 18.3 Å². The number of amides is 2. The Kier molecular flexibility index (Phi) is 5.90. The first kappa shape index (κ1) is 20.5. The highest BCUT2D eigenvalue weighted by Gasteiger charge is 2.22. The summed E-state index contributed by atoms with van der Waals surface area (Å²) < 4.78 is 6.06. The van der Waals surface area contributed by atoms with Gasteiger partial charge in [0.2, 0.25) is 0 Å². The normalized spacial score (nSPS) is 15.1. The van der Waals surface area contributed by atoms with Crippen molar-refractivity contribution >= 4 is 17.4 Å². The van der Waals surface area contributed by atoms with E-state index in [-0.39, 0.29) is 11.9 Å². The Morgan fingerprint density at radius 3 is 2.65 bits per heavy atom. The second kappa shape index (κ2) is 8.93. The standard InChI is InChI=1S/C26H25N3O2/c1-17-9-11-21(12-10-17)28-26(30)29-24-15-20(22-8-4-3-7-19(22)16-27)14-23-18(2)6-5-13-31-25(23)24/h3-4,7-12,14-15,18H,5-6,13H2,1-2H3,(H2,28,29,30). The number of carbonyl (C=O) groups excluding carboxylic acids is 1. The van der Waals surface area contributed by atoms with E-state index < -0.39 is 0 Å². The smallest absolute Gasteiger partial charge is 0.323 e. The van der Waals surface area contributed by atoms with E-state index in [1.54, 1.807) is 6.07 Å². The zero-order chi connectivity index (χ0) is 21.8. The number of nitrogens with zero attached hydrogens (tertiary/aromatic N) is 1. The third-order valence-electron chi connectivity index (χ3n) is 5.59. The fraction of sp³-hybridized carbons (Fsp3) is 0.231. The summed E-state index contributed by atoms with van der Waals surface area (Å²) in [5, 5.41) is 15.4. The fourth-order valence-corrected chi connectivity index (χ4v) is 3.90. The van der Waals surface area contributed by atoms with E-state index in [0.29, 0.717) is 23.6 Å². The Morgan fingerprint density at radius 2 is 1.87 bits per heavy atom. The van der Waals surface area contributed by atoms with Crippen molar-refractivity contribution in [2.75, 3.05) is 17.2 Å². The van der Waals surface area contributed by atoms with E-state index in [4.69, 9.17) is 4.74 Å². The summed E-state index contributed by atoms with van der Waals surface area (Å²) in [7, 11) is 0. The number of anilines is 2. The summed E-state index contributed by atoms with van der Waals surface area (Å²) in [5.74, 6) is 0.995. The number of hydrogen-bond acceptors (Lipinski definition) is 3. The Hall–Kier alpha value is -3.78. The summed E-state index contributed by atoms with van der Waals surface area (Å²) in [6.45, 7) is 4.78. The average Bonchev–Trinajstić information content (AvgIpc) is 2.97. The molecule has 5 nitrogen and oxygen atoms in total. The van der Waals surface area contributed by atoms with Crippen LogP contribution in [-0.4, -0.2) is 12.6 Å². The quantitative estimate of drug-likeness (QED) is 0.520.